The maximum Gasteiger partial charge on any atom is -0.0200 e. The van der Waals surface area contributed by atoms with Crippen molar-refractivity contribution < 1.29 is 0 Å². The maximum atomic E-state index is 2.37. The van der Waals surface area contributed by atoms with E-state index in [0.717, 1.165) is 11.8 Å². The van der Waals surface area contributed by atoms with Crippen molar-refractivity contribution in [3.05, 3.63) is 11.1 Å². The van der Waals surface area contributed by atoms with E-state index in [9.17, 15) is 0 Å². The molecular formula is C9H14. The van der Waals surface area contributed by atoms with Gasteiger partial charge in [-0.1, -0.05) is 25.0 Å². The van der Waals surface area contributed by atoms with Crippen molar-refractivity contribution in [2.45, 2.75) is 33.1 Å². The average Bonchev–Trinajstić information content (AvgIpc) is 2.63. The quantitative estimate of drug-likeness (QED) is 0.433. The van der Waals surface area contributed by atoms with Crippen LogP contribution in [0.3, 0.4) is 0 Å². The highest BCUT2D eigenvalue weighted by Crippen LogP contribution is 2.47. The minimum atomic E-state index is 0.933. The fourth-order valence-corrected chi connectivity index (χ4v) is 1.74. The van der Waals surface area contributed by atoms with Crippen LogP contribution in [0.2, 0.25) is 0 Å². The highest BCUT2D eigenvalue weighted by Gasteiger charge is 2.33. The van der Waals surface area contributed by atoms with Crippen LogP contribution in [-0.2, 0) is 0 Å². The van der Waals surface area contributed by atoms with Crippen molar-refractivity contribution >= 4 is 0 Å². The molecule has 0 heterocycles. The Balaban J connectivity index is 2.11. The van der Waals surface area contributed by atoms with Crippen LogP contribution >= 0.6 is 0 Å². The molecule has 0 saturated heterocycles. The molecule has 0 aliphatic heterocycles. The van der Waals surface area contributed by atoms with Gasteiger partial charge in [0.2, 0.25) is 0 Å². The van der Waals surface area contributed by atoms with Crippen molar-refractivity contribution in [1.29, 1.82) is 0 Å². The second-order valence-electron chi connectivity index (χ2n) is 3.60. The molecule has 2 aliphatic rings. The molecule has 2 aliphatic carbocycles. The third-order valence-electron chi connectivity index (χ3n) is 2.90. The van der Waals surface area contributed by atoms with Crippen molar-refractivity contribution in [2.24, 2.45) is 11.8 Å². The fraction of sp³-hybridized carbons (Fsp3) is 0.778. The summed E-state index contributed by atoms with van der Waals surface area (Å²) in [5, 5.41) is 0. The van der Waals surface area contributed by atoms with Crippen LogP contribution in [0, 0.1) is 11.8 Å². The lowest BCUT2D eigenvalue weighted by molar-refractivity contribution is 0.324. The van der Waals surface area contributed by atoms with E-state index >= 15 is 0 Å². The fourth-order valence-electron chi connectivity index (χ4n) is 1.74. The molecule has 0 radical (unpaired) electrons. The molecule has 0 heteroatoms. The smallest absolute Gasteiger partial charge is 0.0200 e. The van der Waals surface area contributed by atoms with Gasteiger partial charge in [0.1, 0.15) is 0 Å². The summed E-state index contributed by atoms with van der Waals surface area (Å²) in [6, 6.07) is 0. The Morgan fingerprint density at radius 2 is 1.89 bits per heavy atom. The first kappa shape index (κ1) is 5.52. The summed E-state index contributed by atoms with van der Waals surface area (Å²) in [7, 11) is 0. The molecule has 0 aromatic rings. The van der Waals surface area contributed by atoms with Gasteiger partial charge in [-0.15, -0.1) is 0 Å². The van der Waals surface area contributed by atoms with Crippen LogP contribution in [-0.4, -0.2) is 0 Å². The molecule has 0 bridgehead atoms. The van der Waals surface area contributed by atoms with E-state index in [-0.39, 0.29) is 0 Å². The predicted molar refractivity (Wildman–Crippen MR) is 39.2 cm³/mol. The minimum Gasteiger partial charge on any atom is -0.0701 e. The summed E-state index contributed by atoms with van der Waals surface area (Å²) >= 11 is 0. The molecule has 50 valence electrons. The third-order valence-corrected chi connectivity index (χ3v) is 2.90. The zero-order chi connectivity index (χ0) is 6.43. The molecule has 0 aromatic carbocycles. The zero-order valence-corrected chi connectivity index (χ0v) is 6.28. The number of allylic oxidation sites excluding steroid dienone is 2. The summed E-state index contributed by atoms with van der Waals surface area (Å²) in [6.45, 7) is 4.73. The first-order chi connectivity index (χ1) is 4.29. The molecule has 0 N–H and O–H groups in total. The Labute approximate surface area is 57.0 Å². The van der Waals surface area contributed by atoms with Crippen LogP contribution in [0.4, 0.5) is 0 Å². The predicted octanol–water partition coefficient (Wildman–Crippen LogP) is 2.75. The Bertz CT molecular complexity index is 159. The van der Waals surface area contributed by atoms with Crippen LogP contribution in [0.15, 0.2) is 11.1 Å². The molecule has 0 nitrogen and oxygen atoms in total. The molecule has 0 aromatic heterocycles. The van der Waals surface area contributed by atoms with Gasteiger partial charge in [0.05, 0.1) is 0 Å². The maximum absolute atomic E-state index is 2.37. The van der Waals surface area contributed by atoms with E-state index in [1.54, 1.807) is 5.57 Å². The van der Waals surface area contributed by atoms with Gasteiger partial charge in [0, 0.05) is 0 Å². The number of hydrogen-bond acceptors (Lipinski definition) is 0. The Hall–Kier alpha value is -0.260. The minimum absolute atomic E-state index is 0.933. The lowest BCUT2D eigenvalue weighted by Crippen LogP contribution is -2.23. The van der Waals surface area contributed by atoms with Gasteiger partial charge in [0.25, 0.3) is 0 Å². The van der Waals surface area contributed by atoms with E-state index in [0.29, 0.717) is 0 Å². The van der Waals surface area contributed by atoms with Gasteiger partial charge in [0.15, 0.2) is 0 Å². The first-order valence-electron chi connectivity index (χ1n) is 4.00. The highest BCUT2D eigenvalue weighted by atomic mass is 14.4. The van der Waals surface area contributed by atoms with E-state index in [1.807, 2.05) is 5.57 Å². The molecule has 2 rings (SSSR count). The van der Waals surface area contributed by atoms with Gasteiger partial charge >= 0.3 is 0 Å². The van der Waals surface area contributed by atoms with Crippen molar-refractivity contribution in [2.75, 3.05) is 0 Å². The highest BCUT2D eigenvalue weighted by molar-refractivity contribution is 5.31. The van der Waals surface area contributed by atoms with E-state index < -0.39 is 0 Å². The summed E-state index contributed by atoms with van der Waals surface area (Å²) in [5.41, 5.74) is 3.60. The molecule has 2 fully saturated rings. The lowest BCUT2D eigenvalue weighted by Gasteiger charge is -2.34. The molecule has 2 atom stereocenters. The second-order valence-corrected chi connectivity index (χ2v) is 3.60. The monoisotopic (exact) mass is 122 g/mol. The lowest BCUT2D eigenvalue weighted by atomic mass is 9.71. The number of hydrogen-bond donors (Lipinski definition) is 0. The van der Waals surface area contributed by atoms with E-state index in [1.165, 1.54) is 19.3 Å². The van der Waals surface area contributed by atoms with Gasteiger partial charge in [-0.3, -0.25) is 0 Å². The molecular weight excluding hydrogens is 108 g/mol. The summed E-state index contributed by atoms with van der Waals surface area (Å²) < 4.78 is 0. The second kappa shape index (κ2) is 1.62. The van der Waals surface area contributed by atoms with Gasteiger partial charge < -0.3 is 0 Å². The van der Waals surface area contributed by atoms with Gasteiger partial charge in [-0.2, -0.15) is 0 Å². The molecule has 2 saturated carbocycles. The van der Waals surface area contributed by atoms with E-state index in [4.69, 9.17) is 0 Å². The van der Waals surface area contributed by atoms with Crippen LogP contribution in [0.5, 0.6) is 0 Å². The first-order valence-corrected chi connectivity index (χ1v) is 4.00. The molecule has 9 heavy (non-hydrogen) atoms. The van der Waals surface area contributed by atoms with Crippen molar-refractivity contribution in [1.82, 2.24) is 0 Å². The Morgan fingerprint density at radius 1 is 1.22 bits per heavy atom. The summed E-state index contributed by atoms with van der Waals surface area (Å²) in [6.07, 6.45) is 4.26. The van der Waals surface area contributed by atoms with Gasteiger partial charge in [-0.25, -0.2) is 0 Å². The SMILES string of the molecule is CC1CC(=C2CC2)C1C. The zero-order valence-electron chi connectivity index (χ0n) is 6.28. The van der Waals surface area contributed by atoms with Crippen LogP contribution in [0.1, 0.15) is 33.1 Å². The molecule has 0 spiro atoms. The van der Waals surface area contributed by atoms with E-state index in [2.05, 4.69) is 13.8 Å². The molecule has 2 unspecified atom stereocenters. The summed E-state index contributed by atoms with van der Waals surface area (Å²) in [5.74, 6) is 1.91. The average molecular weight is 122 g/mol. The third kappa shape index (κ3) is 0.726. The van der Waals surface area contributed by atoms with Crippen molar-refractivity contribution in [3.63, 3.8) is 0 Å². The molecule has 0 amide bonds. The summed E-state index contributed by atoms with van der Waals surface area (Å²) in [4.78, 5) is 0. The topological polar surface area (TPSA) is 0 Å². The largest absolute Gasteiger partial charge is 0.0701 e. The van der Waals surface area contributed by atoms with Crippen molar-refractivity contribution in [3.8, 4) is 0 Å². The van der Waals surface area contributed by atoms with Crippen LogP contribution in [0.25, 0.3) is 0 Å². The van der Waals surface area contributed by atoms with Crippen LogP contribution < -0.4 is 0 Å². The normalized spacial score (nSPS) is 40.7. The Morgan fingerprint density at radius 3 is 2.22 bits per heavy atom. The van der Waals surface area contributed by atoms with Gasteiger partial charge in [-0.05, 0) is 31.1 Å². The number of rotatable bonds is 0. The standard InChI is InChI=1S/C9H14/c1-6-5-9(7(6)2)8-3-4-8/h6-7H,3-5H2,1-2H3. The Kier molecular flexibility index (Phi) is 0.992.